The molecule has 1 aliphatic rings. The normalized spacial score (nSPS) is 21.1. The van der Waals surface area contributed by atoms with Crippen LogP contribution in [0.1, 0.15) is 42.7 Å². The molecule has 3 heteroatoms. The Morgan fingerprint density at radius 3 is 2.55 bits per heavy atom. The van der Waals surface area contributed by atoms with Gasteiger partial charge in [-0.2, -0.15) is 5.26 Å². The zero-order chi connectivity index (χ0) is 15.4. The second-order valence-corrected chi connectivity index (χ2v) is 6.12. The second-order valence-electron chi connectivity index (χ2n) is 5.71. The summed E-state index contributed by atoms with van der Waals surface area (Å²) in [5, 5.41) is 9.40. The van der Waals surface area contributed by atoms with Gasteiger partial charge in [-0.05, 0) is 37.0 Å². The lowest BCUT2D eigenvalue weighted by Crippen LogP contribution is -2.28. The van der Waals surface area contributed by atoms with Crippen LogP contribution in [0.25, 0.3) is 0 Å². The lowest BCUT2D eigenvalue weighted by molar-refractivity contribution is 0.130. The molecule has 3 rings (SSSR count). The minimum Gasteiger partial charge on any atom is -0.490 e. The van der Waals surface area contributed by atoms with Gasteiger partial charge in [-0.1, -0.05) is 48.4 Å². The third kappa shape index (κ3) is 3.26. The Kier molecular flexibility index (Phi) is 4.65. The fourth-order valence-electron chi connectivity index (χ4n) is 3.15. The average Bonchev–Trinajstić information content (AvgIpc) is 2.56. The number of halogens is 1. The first-order valence-corrected chi connectivity index (χ1v) is 8.07. The fraction of sp³-hybridized carbons (Fsp3) is 0.316. The number of hydrogen-bond donors (Lipinski definition) is 0. The highest BCUT2D eigenvalue weighted by Crippen LogP contribution is 2.36. The summed E-state index contributed by atoms with van der Waals surface area (Å²) in [6.07, 6.45) is 4.81. The van der Waals surface area contributed by atoms with Crippen LogP contribution in [0.5, 0.6) is 5.75 Å². The van der Waals surface area contributed by atoms with Crippen LogP contribution in [-0.2, 0) is 0 Å². The molecule has 0 aliphatic heterocycles. The molecule has 0 radical (unpaired) electrons. The lowest BCUT2D eigenvalue weighted by atomic mass is 9.81. The molecule has 22 heavy (non-hydrogen) atoms. The van der Waals surface area contributed by atoms with Gasteiger partial charge < -0.3 is 4.74 Å². The topological polar surface area (TPSA) is 33.0 Å². The van der Waals surface area contributed by atoms with E-state index < -0.39 is 0 Å². The Labute approximate surface area is 136 Å². The highest BCUT2D eigenvalue weighted by atomic mass is 35.5. The summed E-state index contributed by atoms with van der Waals surface area (Å²) in [5.74, 6) is 1.17. The molecule has 2 nitrogen and oxygen atoms in total. The van der Waals surface area contributed by atoms with Crippen LogP contribution in [-0.4, -0.2) is 6.10 Å². The smallest absolute Gasteiger partial charge is 0.121 e. The summed E-state index contributed by atoms with van der Waals surface area (Å²) in [7, 11) is 0. The molecule has 2 aromatic carbocycles. The predicted octanol–water partition coefficient (Wildman–Crippen LogP) is 5.32. The van der Waals surface area contributed by atoms with E-state index in [-0.39, 0.29) is 6.10 Å². The Morgan fingerprint density at radius 2 is 1.82 bits per heavy atom. The molecule has 1 unspecified atom stereocenters. The lowest BCUT2D eigenvalue weighted by Gasteiger charge is -2.32. The molecule has 2 aromatic rings. The van der Waals surface area contributed by atoms with Crippen molar-refractivity contribution in [2.75, 3.05) is 0 Å². The van der Waals surface area contributed by atoms with Gasteiger partial charge in [0.25, 0.3) is 0 Å². The van der Waals surface area contributed by atoms with Gasteiger partial charge in [0.05, 0.1) is 10.6 Å². The van der Waals surface area contributed by atoms with Crippen molar-refractivity contribution < 1.29 is 4.74 Å². The largest absolute Gasteiger partial charge is 0.490 e. The van der Waals surface area contributed by atoms with Crippen LogP contribution in [0.15, 0.2) is 48.5 Å². The maximum atomic E-state index is 8.95. The third-order valence-corrected chi connectivity index (χ3v) is 4.59. The summed E-state index contributed by atoms with van der Waals surface area (Å²) in [4.78, 5) is 0. The van der Waals surface area contributed by atoms with Crippen LogP contribution in [0.2, 0.25) is 5.02 Å². The van der Waals surface area contributed by atoms with Gasteiger partial charge in [0.1, 0.15) is 17.9 Å². The van der Waals surface area contributed by atoms with Gasteiger partial charge in [0.15, 0.2) is 0 Å². The van der Waals surface area contributed by atoms with Crippen molar-refractivity contribution in [2.45, 2.75) is 37.7 Å². The Balaban J connectivity index is 1.80. The van der Waals surface area contributed by atoms with E-state index in [1.165, 1.54) is 18.4 Å². The SMILES string of the molecule is N#Cc1ccc(O[C@H]2CCCCC2c2ccccc2)cc1Cl. The van der Waals surface area contributed by atoms with E-state index in [9.17, 15) is 0 Å². The highest BCUT2D eigenvalue weighted by Gasteiger charge is 2.28. The number of benzene rings is 2. The minimum atomic E-state index is 0.167. The van der Waals surface area contributed by atoms with Gasteiger partial charge in [-0.25, -0.2) is 0 Å². The van der Waals surface area contributed by atoms with Gasteiger partial charge in [0.2, 0.25) is 0 Å². The first-order valence-electron chi connectivity index (χ1n) is 7.69. The fourth-order valence-corrected chi connectivity index (χ4v) is 3.37. The van der Waals surface area contributed by atoms with Crippen LogP contribution in [0, 0.1) is 11.3 Å². The van der Waals surface area contributed by atoms with E-state index in [1.54, 1.807) is 12.1 Å². The zero-order valence-electron chi connectivity index (χ0n) is 12.3. The number of ether oxygens (including phenoxy) is 1. The molecule has 1 fully saturated rings. The quantitative estimate of drug-likeness (QED) is 0.769. The summed E-state index contributed by atoms with van der Waals surface area (Å²) in [6.45, 7) is 0. The minimum absolute atomic E-state index is 0.167. The molecule has 0 amide bonds. The van der Waals surface area contributed by atoms with Crippen LogP contribution >= 0.6 is 11.6 Å². The monoisotopic (exact) mass is 311 g/mol. The molecular formula is C19H18ClNO. The van der Waals surface area contributed by atoms with Gasteiger partial charge in [-0.15, -0.1) is 0 Å². The van der Waals surface area contributed by atoms with Crippen LogP contribution in [0.3, 0.4) is 0 Å². The van der Waals surface area contributed by atoms with Gasteiger partial charge in [0, 0.05) is 12.0 Å². The molecule has 1 saturated carbocycles. The molecule has 2 atom stereocenters. The molecular weight excluding hydrogens is 294 g/mol. The third-order valence-electron chi connectivity index (χ3n) is 4.28. The maximum absolute atomic E-state index is 8.95. The summed E-state index contributed by atoms with van der Waals surface area (Å²) < 4.78 is 6.21. The molecule has 0 saturated heterocycles. The van der Waals surface area contributed by atoms with Crippen molar-refractivity contribution in [3.8, 4) is 11.8 Å². The summed E-state index contributed by atoms with van der Waals surface area (Å²) >= 11 is 6.10. The van der Waals surface area contributed by atoms with Crippen molar-refractivity contribution in [1.29, 1.82) is 5.26 Å². The maximum Gasteiger partial charge on any atom is 0.121 e. The van der Waals surface area contributed by atoms with Crippen LogP contribution in [0.4, 0.5) is 0 Å². The van der Waals surface area contributed by atoms with E-state index in [4.69, 9.17) is 21.6 Å². The molecule has 0 spiro atoms. The van der Waals surface area contributed by atoms with E-state index in [1.807, 2.05) is 12.1 Å². The number of nitrogens with zero attached hydrogens (tertiary/aromatic N) is 1. The Hall–Kier alpha value is -1.98. The Morgan fingerprint density at radius 1 is 1.05 bits per heavy atom. The highest BCUT2D eigenvalue weighted by molar-refractivity contribution is 6.31. The number of hydrogen-bond acceptors (Lipinski definition) is 2. The van der Waals surface area contributed by atoms with Crippen molar-refractivity contribution in [3.05, 3.63) is 64.7 Å². The second kappa shape index (κ2) is 6.85. The zero-order valence-corrected chi connectivity index (χ0v) is 13.1. The standard InChI is InChI=1S/C19H18ClNO/c20-18-12-16(11-10-15(18)13-21)22-19-9-5-4-8-17(19)14-6-2-1-3-7-14/h1-3,6-7,10-12,17,19H,4-5,8-9H2/t17?,19-/m0/s1. The first kappa shape index (κ1) is 14.9. The molecule has 0 N–H and O–H groups in total. The molecule has 1 aliphatic carbocycles. The summed E-state index contributed by atoms with van der Waals surface area (Å²) in [5.41, 5.74) is 1.82. The van der Waals surface area contributed by atoms with Crippen LogP contribution < -0.4 is 4.74 Å². The predicted molar refractivity (Wildman–Crippen MR) is 88.2 cm³/mol. The molecule has 112 valence electrons. The molecule has 0 bridgehead atoms. The van der Waals surface area contributed by atoms with E-state index >= 15 is 0 Å². The number of nitriles is 1. The van der Waals surface area contributed by atoms with Gasteiger partial charge in [-0.3, -0.25) is 0 Å². The van der Waals surface area contributed by atoms with Crippen molar-refractivity contribution in [1.82, 2.24) is 0 Å². The molecule has 0 aromatic heterocycles. The van der Waals surface area contributed by atoms with Gasteiger partial charge >= 0.3 is 0 Å². The average molecular weight is 312 g/mol. The van der Waals surface area contributed by atoms with Crippen molar-refractivity contribution >= 4 is 11.6 Å². The summed E-state index contributed by atoms with van der Waals surface area (Å²) in [6, 6.07) is 17.9. The van der Waals surface area contributed by atoms with Crippen molar-refractivity contribution in [2.24, 2.45) is 0 Å². The van der Waals surface area contributed by atoms with E-state index in [0.29, 0.717) is 16.5 Å². The van der Waals surface area contributed by atoms with Crippen molar-refractivity contribution in [3.63, 3.8) is 0 Å². The first-order chi connectivity index (χ1) is 10.8. The van der Waals surface area contributed by atoms with E-state index in [2.05, 4.69) is 30.3 Å². The van der Waals surface area contributed by atoms with E-state index in [0.717, 1.165) is 18.6 Å². The Bertz CT molecular complexity index is 678. The molecule has 0 heterocycles. The number of rotatable bonds is 3.